The summed E-state index contributed by atoms with van der Waals surface area (Å²) in [5.74, 6) is 1.66. The molecule has 0 fully saturated rings. The molecule has 0 aliphatic rings. The summed E-state index contributed by atoms with van der Waals surface area (Å²) in [5.41, 5.74) is 10.1. The Labute approximate surface area is 281 Å². The summed E-state index contributed by atoms with van der Waals surface area (Å²) in [7, 11) is 0. The molecule has 0 aliphatic heterocycles. The Hall–Kier alpha value is -4.01. The number of hydrogen-bond donors (Lipinski definition) is 1. The number of nitrogens with zero attached hydrogens (tertiary/aromatic N) is 3. The van der Waals surface area contributed by atoms with E-state index in [0.717, 1.165) is 50.4 Å². The first kappa shape index (κ1) is 32.4. The minimum Gasteiger partial charge on any atom is -0.515 e. The summed E-state index contributed by atoms with van der Waals surface area (Å²) in [6.07, 6.45) is 4.04. The van der Waals surface area contributed by atoms with Crippen LogP contribution in [0.15, 0.2) is 97.3 Å². The van der Waals surface area contributed by atoms with E-state index in [0.29, 0.717) is 11.8 Å². The summed E-state index contributed by atoms with van der Waals surface area (Å²) in [4.78, 5) is 10.2. The smallest absolute Gasteiger partial charge is 0.0901 e. The maximum atomic E-state index is 10.7. The maximum absolute atomic E-state index is 10.7. The topological polar surface area (TPSA) is 50.9 Å². The summed E-state index contributed by atoms with van der Waals surface area (Å²) in [5, 5.41) is 11.8. The molecule has 0 amide bonds. The van der Waals surface area contributed by atoms with E-state index < -0.39 is 0 Å². The second-order valence-corrected chi connectivity index (χ2v) is 13.3. The molecule has 1 N–H and O–H groups in total. The normalized spacial score (nSPS) is 11.8. The van der Waals surface area contributed by atoms with Crippen molar-refractivity contribution in [1.82, 2.24) is 14.5 Å². The van der Waals surface area contributed by atoms with Crippen LogP contribution in [0.5, 0.6) is 5.75 Å². The van der Waals surface area contributed by atoms with Gasteiger partial charge in [0.2, 0.25) is 0 Å². The predicted octanol–water partition coefficient (Wildman–Crippen LogP) is 10.5. The van der Waals surface area contributed by atoms with Crippen molar-refractivity contribution < 1.29 is 26.2 Å². The number of benzene rings is 4. The van der Waals surface area contributed by atoms with Crippen LogP contribution in [0.4, 0.5) is 0 Å². The van der Waals surface area contributed by atoms with Crippen molar-refractivity contribution in [3.63, 3.8) is 0 Å². The van der Waals surface area contributed by atoms with Crippen molar-refractivity contribution in [2.45, 2.75) is 65.7 Å². The van der Waals surface area contributed by atoms with Crippen LogP contribution in [0.25, 0.3) is 50.4 Å². The van der Waals surface area contributed by atoms with Gasteiger partial charge in [0.05, 0.1) is 22.8 Å². The zero-order chi connectivity index (χ0) is 31.2. The van der Waals surface area contributed by atoms with Crippen molar-refractivity contribution in [2.75, 3.05) is 0 Å². The maximum Gasteiger partial charge on any atom is 0.0901 e. The van der Waals surface area contributed by atoms with Gasteiger partial charge in [-0.1, -0.05) is 96.5 Å². The summed E-state index contributed by atoms with van der Waals surface area (Å²) < 4.78 is 2.26. The second kappa shape index (κ2) is 12.8. The number of para-hydroxylation sites is 2. The molecule has 4 aromatic carbocycles. The number of phenolic OH excluding ortho intramolecular Hbond substituents is 1. The molecule has 5 heteroatoms. The zero-order valence-electron chi connectivity index (χ0n) is 27.0. The number of aromatic nitrogens is 3. The molecule has 6 aromatic rings. The van der Waals surface area contributed by atoms with Gasteiger partial charge in [0.25, 0.3) is 0 Å². The molecule has 6 rings (SSSR count). The Kier molecular flexibility index (Phi) is 9.19. The van der Waals surface area contributed by atoms with Crippen LogP contribution in [0.3, 0.4) is 0 Å². The van der Waals surface area contributed by atoms with Gasteiger partial charge in [0, 0.05) is 50.1 Å². The average Bonchev–Trinajstić information content (AvgIpc) is 3.45. The molecule has 2 aromatic heterocycles. The third-order valence-corrected chi connectivity index (χ3v) is 8.37. The molecule has 0 unspecified atom stereocenters. The molecule has 0 saturated carbocycles. The van der Waals surface area contributed by atoms with E-state index in [1.807, 2.05) is 42.6 Å². The van der Waals surface area contributed by atoms with E-state index >= 15 is 0 Å². The molecule has 0 aliphatic carbocycles. The van der Waals surface area contributed by atoms with E-state index in [-0.39, 0.29) is 32.2 Å². The molecular formula is C40H40N3OPt-. The van der Waals surface area contributed by atoms with Gasteiger partial charge < -0.3 is 9.67 Å². The van der Waals surface area contributed by atoms with E-state index in [1.54, 1.807) is 6.07 Å². The van der Waals surface area contributed by atoms with Crippen LogP contribution in [-0.4, -0.2) is 19.6 Å². The van der Waals surface area contributed by atoms with Crippen LogP contribution < -0.4 is 0 Å². The van der Waals surface area contributed by atoms with Gasteiger partial charge in [-0.3, -0.25) is 9.97 Å². The third-order valence-electron chi connectivity index (χ3n) is 8.37. The molecule has 4 nitrogen and oxygen atoms in total. The van der Waals surface area contributed by atoms with Crippen molar-refractivity contribution in [1.29, 1.82) is 0 Å². The molecule has 0 spiro atoms. The summed E-state index contributed by atoms with van der Waals surface area (Å²) >= 11 is 0. The first-order chi connectivity index (χ1) is 21.0. The standard InChI is InChI=1S/C40H40N3O.Pt/c1-25(2)31-17-11-18-32(26(3)4)38(31)43-24-35(34-23-30(40(5,6)7)22-28-15-12-20-41-37(28)34)42-39(43)29-14-10-13-27(21-29)33-16-8-9-19-36(33)44;/h8-20,22-26,44H,1-7H3;/q-1;. The van der Waals surface area contributed by atoms with Gasteiger partial charge in [-0.05, 0) is 63.8 Å². The van der Waals surface area contributed by atoms with Crippen molar-refractivity contribution in [2.24, 2.45) is 0 Å². The third kappa shape index (κ3) is 6.26. The Morgan fingerprint density at radius 3 is 2.09 bits per heavy atom. The molecule has 0 saturated heterocycles. The first-order valence-corrected chi connectivity index (χ1v) is 15.5. The van der Waals surface area contributed by atoms with Gasteiger partial charge in [-0.2, -0.15) is 0 Å². The van der Waals surface area contributed by atoms with E-state index in [4.69, 9.17) is 9.97 Å². The van der Waals surface area contributed by atoms with E-state index in [1.165, 1.54) is 16.7 Å². The Morgan fingerprint density at radius 1 is 0.756 bits per heavy atom. The second-order valence-electron chi connectivity index (χ2n) is 13.3. The predicted molar refractivity (Wildman–Crippen MR) is 183 cm³/mol. The minimum atomic E-state index is -0.0426. The molecule has 0 atom stereocenters. The number of rotatable bonds is 6. The van der Waals surface area contributed by atoms with Gasteiger partial charge in [-0.15, -0.1) is 29.8 Å². The number of fused-ring (bicyclic) bond motifs is 1. The van der Waals surface area contributed by atoms with Gasteiger partial charge in [0.1, 0.15) is 0 Å². The SMILES string of the molecule is CC(C)c1cccc(C(C)C)c1-n1cc(-c2cc(C(C)(C)C)cc3cccnc23)nc1-c1[c-]c(-c2ccccc2O)ccc1.[Pt]. The van der Waals surface area contributed by atoms with Crippen LogP contribution in [0.2, 0.25) is 0 Å². The molecule has 232 valence electrons. The Balaban J connectivity index is 0.00000400. The average molecular weight is 774 g/mol. The zero-order valence-corrected chi connectivity index (χ0v) is 29.3. The van der Waals surface area contributed by atoms with E-state index in [9.17, 15) is 5.11 Å². The fraction of sp³-hybridized carbons (Fsp3) is 0.250. The van der Waals surface area contributed by atoms with Crippen molar-refractivity contribution >= 4 is 10.9 Å². The molecule has 0 radical (unpaired) electrons. The summed E-state index contributed by atoms with van der Waals surface area (Å²) in [6, 6.07) is 32.3. The molecule has 45 heavy (non-hydrogen) atoms. The monoisotopic (exact) mass is 773 g/mol. The number of imidazole rings is 1. The largest absolute Gasteiger partial charge is 0.515 e. The Bertz CT molecular complexity index is 1950. The Morgan fingerprint density at radius 2 is 1.42 bits per heavy atom. The molecular weight excluding hydrogens is 734 g/mol. The van der Waals surface area contributed by atoms with Crippen LogP contribution in [0.1, 0.15) is 77.0 Å². The minimum absolute atomic E-state index is 0. The van der Waals surface area contributed by atoms with Crippen molar-refractivity contribution in [3.8, 4) is 45.2 Å². The number of pyridine rings is 1. The fourth-order valence-corrected chi connectivity index (χ4v) is 5.94. The van der Waals surface area contributed by atoms with Gasteiger partial charge in [-0.25, -0.2) is 0 Å². The molecule has 2 heterocycles. The van der Waals surface area contributed by atoms with Crippen LogP contribution in [0, 0.1) is 6.07 Å². The number of phenols is 1. The van der Waals surface area contributed by atoms with Gasteiger partial charge in [0.15, 0.2) is 0 Å². The number of hydrogen-bond acceptors (Lipinski definition) is 3. The van der Waals surface area contributed by atoms with Gasteiger partial charge >= 0.3 is 0 Å². The number of aromatic hydroxyl groups is 1. The van der Waals surface area contributed by atoms with Crippen LogP contribution >= 0.6 is 0 Å². The first-order valence-electron chi connectivity index (χ1n) is 15.5. The quantitative estimate of drug-likeness (QED) is 0.172. The van der Waals surface area contributed by atoms with E-state index in [2.05, 4.69) is 108 Å². The summed E-state index contributed by atoms with van der Waals surface area (Å²) in [6.45, 7) is 15.7. The van der Waals surface area contributed by atoms with Crippen LogP contribution in [-0.2, 0) is 26.5 Å². The molecule has 0 bridgehead atoms. The fourth-order valence-electron chi connectivity index (χ4n) is 5.94. The van der Waals surface area contributed by atoms with Crippen molar-refractivity contribution in [3.05, 3.63) is 120 Å².